The topological polar surface area (TPSA) is 17.1 Å². The van der Waals surface area contributed by atoms with Gasteiger partial charge in [0, 0.05) is 16.4 Å². The lowest BCUT2D eigenvalue weighted by Crippen LogP contribution is -2.14. The van der Waals surface area contributed by atoms with Crippen LogP contribution in [-0.2, 0) is 30.0 Å². The number of carbonyl (C=O) groups excluding carboxylic acids is 1. The third-order valence-electron chi connectivity index (χ3n) is 3.39. The summed E-state index contributed by atoms with van der Waals surface area (Å²) in [5, 5.41) is 0. The molecule has 0 radical (unpaired) electrons. The van der Waals surface area contributed by atoms with Crippen LogP contribution in [0.15, 0.2) is 42.5 Å². The van der Waals surface area contributed by atoms with Crippen LogP contribution < -0.4 is 0 Å². The number of rotatable bonds is 4. The minimum absolute atomic E-state index is 0.0497. The number of hydrogen-bond donors (Lipinski definition) is 0. The minimum atomic E-state index is -4.92. The Morgan fingerprint density at radius 3 is 1.84 bits per heavy atom. The van der Waals surface area contributed by atoms with Crippen molar-refractivity contribution in [2.24, 2.45) is 0 Å². The molecule has 8 heteroatoms. The van der Waals surface area contributed by atoms with Gasteiger partial charge in [-0.1, -0.05) is 18.2 Å². The van der Waals surface area contributed by atoms with E-state index < -0.39 is 35.7 Å². The number of carbonyl (C=O) groups is 1. The van der Waals surface area contributed by atoms with E-state index in [0.29, 0.717) is 17.7 Å². The van der Waals surface area contributed by atoms with Crippen LogP contribution in [0.25, 0.3) is 0 Å². The van der Waals surface area contributed by atoms with Crippen LogP contribution in [0.2, 0.25) is 0 Å². The number of hydrogen-bond acceptors (Lipinski definition) is 1. The second-order valence-corrected chi connectivity index (χ2v) is 6.56. The van der Waals surface area contributed by atoms with Crippen LogP contribution in [0, 0.1) is 3.57 Å². The number of Topliss-reactive ketones (excluding diaryl/α,β-unsaturated/α-hetero) is 1. The Balaban J connectivity index is 2.29. The van der Waals surface area contributed by atoms with Gasteiger partial charge in [0.15, 0.2) is 0 Å². The minimum Gasteiger partial charge on any atom is -0.299 e. The predicted molar refractivity (Wildman–Crippen MR) is 88.0 cm³/mol. The first-order chi connectivity index (χ1) is 11.5. The molecule has 0 saturated carbocycles. The lowest BCUT2D eigenvalue weighted by atomic mass is 9.98. The highest BCUT2D eigenvalue weighted by atomic mass is 127. The van der Waals surface area contributed by atoms with Crippen molar-refractivity contribution in [1.82, 2.24) is 0 Å². The highest BCUT2D eigenvalue weighted by molar-refractivity contribution is 14.1. The molecule has 0 unspecified atom stereocenters. The summed E-state index contributed by atoms with van der Waals surface area (Å²) in [6.45, 7) is 0. The second-order valence-electron chi connectivity index (χ2n) is 5.40. The maximum atomic E-state index is 12.8. The van der Waals surface area contributed by atoms with Crippen molar-refractivity contribution in [3.8, 4) is 0 Å². The molecule has 25 heavy (non-hydrogen) atoms. The van der Waals surface area contributed by atoms with E-state index in [2.05, 4.69) is 0 Å². The fourth-order valence-electron chi connectivity index (χ4n) is 2.27. The Labute approximate surface area is 153 Å². The highest BCUT2D eigenvalue weighted by Crippen LogP contribution is 2.36. The molecule has 2 rings (SSSR count). The highest BCUT2D eigenvalue weighted by Gasteiger charge is 2.36. The monoisotopic (exact) mass is 472 g/mol. The summed E-state index contributed by atoms with van der Waals surface area (Å²) in [6, 6.07) is 8.14. The third-order valence-corrected chi connectivity index (χ3v) is 4.45. The van der Waals surface area contributed by atoms with Crippen molar-refractivity contribution < 1.29 is 31.1 Å². The molecule has 0 bridgehead atoms. The van der Waals surface area contributed by atoms with Gasteiger partial charge in [0.2, 0.25) is 0 Å². The molecule has 0 atom stereocenters. The first kappa shape index (κ1) is 19.7. The Morgan fingerprint density at radius 1 is 0.840 bits per heavy atom. The molecule has 0 spiro atoms. The molecule has 0 heterocycles. The summed E-state index contributed by atoms with van der Waals surface area (Å²) in [6.07, 6.45) is -10.4. The SMILES string of the molecule is O=C(Cc1cc(C(F)(F)F)cc(C(F)(F)F)c1)Cc1ccccc1I. The maximum absolute atomic E-state index is 12.8. The predicted octanol–water partition coefficient (Wildman–Crippen LogP) is 5.68. The number of alkyl halides is 6. The zero-order chi connectivity index (χ0) is 18.8. The van der Waals surface area contributed by atoms with E-state index in [-0.39, 0.29) is 18.1 Å². The molecule has 0 N–H and O–H groups in total. The molecule has 2 aromatic carbocycles. The Morgan fingerprint density at radius 2 is 1.36 bits per heavy atom. The molecule has 0 aliphatic rings. The van der Waals surface area contributed by atoms with Crippen molar-refractivity contribution in [3.63, 3.8) is 0 Å². The smallest absolute Gasteiger partial charge is 0.299 e. The summed E-state index contributed by atoms with van der Waals surface area (Å²) in [5.74, 6) is -0.462. The molecular formula is C17H11F6IO. The van der Waals surface area contributed by atoms with Crippen LogP contribution in [-0.4, -0.2) is 5.78 Å². The summed E-state index contributed by atoms with van der Waals surface area (Å²) >= 11 is 2.01. The molecular weight excluding hydrogens is 461 g/mol. The van der Waals surface area contributed by atoms with Crippen LogP contribution in [0.5, 0.6) is 0 Å². The number of halogens is 7. The quantitative estimate of drug-likeness (QED) is 0.414. The summed E-state index contributed by atoms with van der Waals surface area (Å²) in [5.41, 5.74) is -2.46. The van der Waals surface area contributed by atoms with Gasteiger partial charge in [0.25, 0.3) is 0 Å². The lowest BCUT2D eigenvalue weighted by Gasteiger charge is -2.14. The molecule has 2 aromatic rings. The first-order valence-corrected chi connectivity index (χ1v) is 8.08. The average Bonchev–Trinajstić information content (AvgIpc) is 2.47. The Hall–Kier alpha value is -1.58. The van der Waals surface area contributed by atoms with Gasteiger partial charge in [-0.2, -0.15) is 26.3 Å². The van der Waals surface area contributed by atoms with E-state index in [1.807, 2.05) is 22.6 Å². The largest absolute Gasteiger partial charge is 0.416 e. The van der Waals surface area contributed by atoms with Gasteiger partial charge in [-0.05, 0) is 58.0 Å². The maximum Gasteiger partial charge on any atom is 0.416 e. The molecule has 0 saturated heterocycles. The van der Waals surface area contributed by atoms with Gasteiger partial charge in [-0.15, -0.1) is 0 Å². The second kappa shape index (κ2) is 7.35. The molecule has 0 amide bonds. The van der Waals surface area contributed by atoms with Gasteiger partial charge in [-0.25, -0.2) is 0 Å². The summed E-state index contributed by atoms with van der Waals surface area (Å²) in [4.78, 5) is 12.1. The average molecular weight is 472 g/mol. The first-order valence-electron chi connectivity index (χ1n) is 7.00. The van der Waals surface area contributed by atoms with Gasteiger partial charge in [-0.3, -0.25) is 4.79 Å². The van der Waals surface area contributed by atoms with Gasteiger partial charge >= 0.3 is 12.4 Å². The van der Waals surface area contributed by atoms with Crippen molar-refractivity contribution in [3.05, 3.63) is 68.3 Å². The van der Waals surface area contributed by atoms with Crippen molar-refractivity contribution in [2.75, 3.05) is 0 Å². The normalized spacial score (nSPS) is 12.3. The molecule has 0 aliphatic carbocycles. The van der Waals surface area contributed by atoms with Gasteiger partial charge < -0.3 is 0 Å². The molecule has 0 fully saturated rings. The van der Waals surface area contributed by atoms with E-state index >= 15 is 0 Å². The van der Waals surface area contributed by atoms with E-state index in [1.54, 1.807) is 24.3 Å². The van der Waals surface area contributed by atoms with Crippen LogP contribution in [0.4, 0.5) is 26.3 Å². The standard InChI is InChI=1S/C17H11F6IO/c18-16(19,20)12-5-10(6-13(9-12)17(21,22)23)7-14(25)8-11-3-1-2-4-15(11)24/h1-6,9H,7-8H2. The van der Waals surface area contributed by atoms with Gasteiger partial charge in [0.1, 0.15) is 5.78 Å². The lowest BCUT2D eigenvalue weighted by molar-refractivity contribution is -0.143. The third kappa shape index (κ3) is 5.45. The number of ketones is 1. The molecule has 0 aliphatic heterocycles. The van der Waals surface area contributed by atoms with E-state index in [0.717, 1.165) is 3.57 Å². The van der Waals surface area contributed by atoms with Crippen LogP contribution in [0.3, 0.4) is 0 Å². The molecule has 0 aromatic heterocycles. The molecule has 134 valence electrons. The summed E-state index contributed by atoms with van der Waals surface area (Å²) < 4.78 is 77.7. The fraction of sp³-hybridized carbons (Fsp3) is 0.235. The summed E-state index contributed by atoms with van der Waals surface area (Å²) in [7, 11) is 0. The van der Waals surface area contributed by atoms with Gasteiger partial charge in [0.05, 0.1) is 11.1 Å². The van der Waals surface area contributed by atoms with E-state index in [4.69, 9.17) is 0 Å². The number of benzene rings is 2. The van der Waals surface area contributed by atoms with Crippen molar-refractivity contribution in [1.29, 1.82) is 0 Å². The van der Waals surface area contributed by atoms with Crippen LogP contribution >= 0.6 is 22.6 Å². The zero-order valence-corrected chi connectivity index (χ0v) is 14.7. The van der Waals surface area contributed by atoms with E-state index in [9.17, 15) is 31.1 Å². The zero-order valence-electron chi connectivity index (χ0n) is 12.5. The fourth-order valence-corrected chi connectivity index (χ4v) is 2.84. The van der Waals surface area contributed by atoms with Crippen molar-refractivity contribution >= 4 is 28.4 Å². The Bertz CT molecular complexity index is 747. The molecule has 1 nitrogen and oxygen atoms in total. The van der Waals surface area contributed by atoms with E-state index in [1.165, 1.54) is 0 Å². The van der Waals surface area contributed by atoms with Crippen molar-refractivity contribution in [2.45, 2.75) is 25.2 Å². The van der Waals surface area contributed by atoms with Crippen LogP contribution in [0.1, 0.15) is 22.3 Å². The Kier molecular flexibility index (Phi) is 5.80.